The predicted octanol–water partition coefficient (Wildman–Crippen LogP) is 2.16. The Hall–Kier alpha value is -0.860. The lowest BCUT2D eigenvalue weighted by Crippen LogP contribution is -2.30. The van der Waals surface area contributed by atoms with Crippen LogP contribution < -0.4 is 5.32 Å². The SMILES string of the molecule is CNC(CCc1ccc(C)cc1)COC. The molecule has 1 rings (SSSR count). The third-order valence-electron chi connectivity index (χ3n) is 2.68. The largest absolute Gasteiger partial charge is 0.383 e. The van der Waals surface area contributed by atoms with Crippen molar-refractivity contribution in [1.82, 2.24) is 5.32 Å². The molecular formula is C13H21NO. The van der Waals surface area contributed by atoms with E-state index in [-0.39, 0.29) is 0 Å². The van der Waals surface area contributed by atoms with Gasteiger partial charge in [0.15, 0.2) is 0 Å². The summed E-state index contributed by atoms with van der Waals surface area (Å²) in [4.78, 5) is 0. The first-order valence-electron chi connectivity index (χ1n) is 5.48. The number of nitrogens with one attached hydrogen (secondary N) is 1. The van der Waals surface area contributed by atoms with Crippen LogP contribution in [-0.4, -0.2) is 26.8 Å². The van der Waals surface area contributed by atoms with Gasteiger partial charge in [0.05, 0.1) is 6.61 Å². The second-order valence-corrected chi connectivity index (χ2v) is 3.97. The maximum Gasteiger partial charge on any atom is 0.0615 e. The average molecular weight is 207 g/mol. The van der Waals surface area contributed by atoms with E-state index < -0.39 is 0 Å². The quantitative estimate of drug-likeness (QED) is 0.772. The first-order chi connectivity index (χ1) is 7.26. The van der Waals surface area contributed by atoms with Gasteiger partial charge in [0.1, 0.15) is 0 Å². The molecule has 2 nitrogen and oxygen atoms in total. The number of ether oxygens (including phenoxy) is 1. The van der Waals surface area contributed by atoms with Crippen LogP contribution in [0.4, 0.5) is 0 Å². The van der Waals surface area contributed by atoms with Crippen molar-refractivity contribution in [2.45, 2.75) is 25.8 Å². The molecule has 1 aromatic carbocycles. The Balaban J connectivity index is 2.38. The number of hydrogen-bond donors (Lipinski definition) is 1. The summed E-state index contributed by atoms with van der Waals surface area (Å²) in [6, 6.07) is 9.19. The van der Waals surface area contributed by atoms with E-state index in [2.05, 4.69) is 36.5 Å². The van der Waals surface area contributed by atoms with Gasteiger partial charge in [-0.15, -0.1) is 0 Å². The van der Waals surface area contributed by atoms with Gasteiger partial charge in [-0.3, -0.25) is 0 Å². The summed E-state index contributed by atoms with van der Waals surface area (Å²) in [5.74, 6) is 0. The molecule has 2 heteroatoms. The highest BCUT2D eigenvalue weighted by atomic mass is 16.5. The van der Waals surface area contributed by atoms with Crippen molar-refractivity contribution in [2.24, 2.45) is 0 Å². The average Bonchev–Trinajstić information content (AvgIpc) is 2.26. The number of aryl methyl sites for hydroxylation is 2. The fraction of sp³-hybridized carbons (Fsp3) is 0.538. The van der Waals surface area contributed by atoms with E-state index in [1.54, 1.807) is 7.11 Å². The molecule has 1 aromatic rings. The number of methoxy groups -OCH3 is 1. The molecule has 15 heavy (non-hydrogen) atoms. The van der Waals surface area contributed by atoms with Gasteiger partial charge < -0.3 is 10.1 Å². The van der Waals surface area contributed by atoms with E-state index in [1.807, 2.05) is 7.05 Å². The highest BCUT2D eigenvalue weighted by Gasteiger charge is 2.05. The molecule has 0 aliphatic rings. The fourth-order valence-corrected chi connectivity index (χ4v) is 1.61. The van der Waals surface area contributed by atoms with Gasteiger partial charge in [-0.25, -0.2) is 0 Å². The highest BCUT2D eigenvalue weighted by Crippen LogP contribution is 2.07. The molecule has 0 saturated carbocycles. The Morgan fingerprint density at radius 1 is 1.27 bits per heavy atom. The van der Waals surface area contributed by atoms with E-state index in [1.165, 1.54) is 11.1 Å². The summed E-state index contributed by atoms with van der Waals surface area (Å²) in [5.41, 5.74) is 2.72. The molecule has 0 fully saturated rings. The molecule has 0 radical (unpaired) electrons. The van der Waals surface area contributed by atoms with Gasteiger partial charge in [0.2, 0.25) is 0 Å². The van der Waals surface area contributed by atoms with Crippen molar-refractivity contribution in [3.63, 3.8) is 0 Å². The summed E-state index contributed by atoms with van der Waals surface area (Å²) in [6.45, 7) is 2.90. The molecule has 0 spiro atoms. The van der Waals surface area contributed by atoms with Crippen LogP contribution in [-0.2, 0) is 11.2 Å². The minimum absolute atomic E-state index is 0.455. The molecule has 0 heterocycles. The van der Waals surface area contributed by atoms with Gasteiger partial charge in [-0.2, -0.15) is 0 Å². The third-order valence-corrected chi connectivity index (χ3v) is 2.68. The van der Waals surface area contributed by atoms with Crippen LogP contribution >= 0.6 is 0 Å². The lowest BCUT2D eigenvalue weighted by Gasteiger charge is -2.14. The maximum atomic E-state index is 5.14. The Morgan fingerprint density at radius 3 is 2.47 bits per heavy atom. The first-order valence-corrected chi connectivity index (χ1v) is 5.48. The molecule has 1 N–H and O–H groups in total. The number of likely N-dealkylation sites (N-methyl/N-ethyl adjacent to an activating group) is 1. The Kier molecular flexibility index (Phi) is 5.37. The summed E-state index contributed by atoms with van der Waals surface area (Å²) in [6.07, 6.45) is 2.22. The molecule has 1 atom stereocenters. The Labute approximate surface area is 92.6 Å². The second kappa shape index (κ2) is 6.59. The molecule has 84 valence electrons. The van der Waals surface area contributed by atoms with Crippen LogP contribution in [0.15, 0.2) is 24.3 Å². The van der Waals surface area contributed by atoms with Crippen molar-refractivity contribution in [3.05, 3.63) is 35.4 Å². The van der Waals surface area contributed by atoms with E-state index in [9.17, 15) is 0 Å². The van der Waals surface area contributed by atoms with Crippen LogP contribution in [0.2, 0.25) is 0 Å². The predicted molar refractivity (Wildman–Crippen MR) is 64.2 cm³/mol. The van der Waals surface area contributed by atoms with E-state index in [0.717, 1.165) is 19.4 Å². The Bertz CT molecular complexity index is 268. The molecule has 0 saturated heterocycles. The normalized spacial score (nSPS) is 12.7. The van der Waals surface area contributed by atoms with Gasteiger partial charge in [0, 0.05) is 13.2 Å². The Morgan fingerprint density at radius 2 is 1.93 bits per heavy atom. The number of hydrogen-bond acceptors (Lipinski definition) is 2. The summed E-state index contributed by atoms with van der Waals surface area (Å²) in [5, 5.41) is 3.26. The zero-order valence-electron chi connectivity index (χ0n) is 9.92. The monoisotopic (exact) mass is 207 g/mol. The van der Waals surface area contributed by atoms with Crippen LogP contribution in [0.5, 0.6) is 0 Å². The lowest BCUT2D eigenvalue weighted by atomic mass is 10.0. The summed E-state index contributed by atoms with van der Waals surface area (Å²) >= 11 is 0. The third kappa shape index (κ3) is 4.45. The van der Waals surface area contributed by atoms with Crippen molar-refractivity contribution in [1.29, 1.82) is 0 Å². The minimum atomic E-state index is 0.455. The molecular weight excluding hydrogens is 186 g/mol. The number of benzene rings is 1. The van der Waals surface area contributed by atoms with Crippen LogP contribution in [0.3, 0.4) is 0 Å². The standard InChI is InChI=1S/C13H21NO/c1-11-4-6-12(7-5-11)8-9-13(14-2)10-15-3/h4-7,13-14H,8-10H2,1-3H3. The van der Waals surface area contributed by atoms with Crippen molar-refractivity contribution in [3.8, 4) is 0 Å². The van der Waals surface area contributed by atoms with E-state index in [4.69, 9.17) is 4.74 Å². The van der Waals surface area contributed by atoms with Gasteiger partial charge >= 0.3 is 0 Å². The van der Waals surface area contributed by atoms with Crippen LogP contribution in [0.25, 0.3) is 0 Å². The van der Waals surface area contributed by atoms with E-state index in [0.29, 0.717) is 6.04 Å². The zero-order valence-corrected chi connectivity index (χ0v) is 9.92. The highest BCUT2D eigenvalue weighted by molar-refractivity contribution is 5.21. The van der Waals surface area contributed by atoms with Crippen molar-refractivity contribution >= 4 is 0 Å². The molecule has 0 aliphatic carbocycles. The van der Waals surface area contributed by atoms with Crippen LogP contribution in [0, 0.1) is 6.92 Å². The van der Waals surface area contributed by atoms with E-state index >= 15 is 0 Å². The molecule has 0 amide bonds. The second-order valence-electron chi connectivity index (χ2n) is 3.97. The lowest BCUT2D eigenvalue weighted by molar-refractivity contribution is 0.166. The summed E-state index contributed by atoms with van der Waals surface area (Å²) in [7, 11) is 3.73. The van der Waals surface area contributed by atoms with Gasteiger partial charge in [-0.05, 0) is 32.4 Å². The molecule has 0 aliphatic heterocycles. The minimum Gasteiger partial charge on any atom is -0.383 e. The smallest absolute Gasteiger partial charge is 0.0615 e. The van der Waals surface area contributed by atoms with Gasteiger partial charge in [-0.1, -0.05) is 29.8 Å². The van der Waals surface area contributed by atoms with Gasteiger partial charge in [0.25, 0.3) is 0 Å². The first kappa shape index (κ1) is 12.2. The molecule has 0 aromatic heterocycles. The topological polar surface area (TPSA) is 21.3 Å². The van der Waals surface area contributed by atoms with Crippen LogP contribution in [0.1, 0.15) is 17.5 Å². The fourth-order valence-electron chi connectivity index (χ4n) is 1.61. The number of rotatable bonds is 6. The summed E-state index contributed by atoms with van der Waals surface area (Å²) < 4.78 is 5.14. The van der Waals surface area contributed by atoms with Crippen molar-refractivity contribution < 1.29 is 4.74 Å². The molecule has 0 bridgehead atoms. The maximum absolute atomic E-state index is 5.14. The van der Waals surface area contributed by atoms with Crippen molar-refractivity contribution in [2.75, 3.05) is 20.8 Å². The zero-order chi connectivity index (χ0) is 11.1. The molecule has 1 unspecified atom stereocenters.